The van der Waals surface area contributed by atoms with Crippen LogP contribution in [0.4, 0.5) is 0 Å². The lowest BCUT2D eigenvalue weighted by molar-refractivity contribution is -0.139. The maximum atomic E-state index is 12.6. The normalized spacial score (nSPS) is 21.4. The standard InChI is InChI=1S/C26H22O8/c27-21-22(33-24(29)18-12-6-2-7-13-18)20(16-31-23(28)17-10-4-1-5-11-17)32-26(21)34-25(30)19-14-8-3-9-15-19/h1-15,20-22,26-27H,16H2/t20?,21?,22-,26?/m1/s1. The van der Waals surface area contributed by atoms with Gasteiger partial charge in [-0.25, -0.2) is 14.4 Å². The van der Waals surface area contributed by atoms with Gasteiger partial charge in [0.1, 0.15) is 12.7 Å². The molecule has 34 heavy (non-hydrogen) atoms. The molecule has 0 aliphatic carbocycles. The fraction of sp³-hybridized carbons (Fsp3) is 0.192. The first kappa shape index (κ1) is 23.2. The second-order valence-electron chi connectivity index (χ2n) is 7.51. The summed E-state index contributed by atoms with van der Waals surface area (Å²) in [5, 5.41) is 10.8. The van der Waals surface area contributed by atoms with Gasteiger partial charge < -0.3 is 24.1 Å². The zero-order chi connectivity index (χ0) is 23.9. The van der Waals surface area contributed by atoms with Crippen LogP contribution in [0.1, 0.15) is 31.1 Å². The number of ether oxygens (including phenoxy) is 4. The van der Waals surface area contributed by atoms with Crippen molar-refractivity contribution in [3.05, 3.63) is 108 Å². The van der Waals surface area contributed by atoms with E-state index in [2.05, 4.69) is 0 Å². The van der Waals surface area contributed by atoms with Crippen LogP contribution >= 0.6 is 0 Å². The second kappa shape index (κ2) is 10.7. The maximum Gasteiger partial charge on any atom is 0.340 e. The number of rotatable bonds is 7. The Labute approximate surface area is 195 Å². The van der Waals surface area contributed by atoms with Crippen molar-refractivity contribution < 1.29 is 38.4 Å². The van der Waals surface area contributed by atoms with Gasteiger partial charge in [-0.1, -0.05) is 54.6 Å². The maximum absolute atomic E-state index is 12.6. The molecule has 0 saturated carbocycles. The molecule has 3 aromatic carbocycles. The molecule has 0 bridgehead atoms. The molecule has 3 unspecified atom stereocenters. The van der Waals surface area contributed by atoms with Crippen molar-refractivity contribution in [3.63, 3.8) is 0 Å². The minimum atomic E-state index is -1.50. The SMILES string of the molecule is O=C(OCC1OC(OC(=O)c2ccccc2)C(O)[C@@H]1OC(=O)c1ccccc1)c1ccccc1. The first-order valence-electron chi connectivity index (χ1n) is 10.6. The van der Waals surface area contributed by atoms with E-state index in [1.54, 1.807) is 91.0 Å². The van der Waals surface area contributed by atoms with Gasteiger partial charge in [-0.3, -0.25) is 0 Å². The van der Waals surface area contributed by atoms with Crippen LogP contribution < -0.4 is 0 Å². The van der Waals surface area contributed by atoms with Gasteiger partial charge in [0.25, 0.3) is 0 Å². The third-order valence-electron chi connectivity index (χ3n) is 5.16. The quantitative estimate of drug-likeness (QED) is 0.422. The Balaban J connectivity index is 1.47. The number of aliphatic hydroxyl groups is 1. The van der Waals surface area contributed by atoms with E-state index in [9.17, 15) is 19.5 Å². The summed E-state index contributed by atoms with van der Waals surface area (Å²) in [5.41, 5.74) is 0.848. The summed E-state index contributed by atoms with van der Waals surface area (Å²) < 4.78 is 21.8. The van der Waals surface area contributed by atoms with E-state index in [1.165, 1.54) is 0 Å². The zero-order valence-electron chi connectivity index (χ0n) is 18.0. The van der Waals surface area contributed by atoms with Crippen molar-refractivity contribution in [2.24, 2.45) is 0 Å². The molecular weight excluding hydrogens is 440 g/mol. The Morgan fingerprint density at radius 3 is 1.62 bits per heavy atom. The van der Waals surface area contributed by atoms with Crippen molar-refractivity contribution in [2.45, 2.75) is 24.6 Å². The molecular formula is C26H22O8. The van der Waals surface area contributed by atoms with E-state index in [1.807, 2.05) is 0 Å². The van der Waals surface area contributed by atoms with E-state index < -0.39 is 42.5 Å². The van der Waals surface area contributed by atoms with Crippen LogP contribution in [0.25, 0.3) is 0 Å². The van der Waals surface area contributed by atoms with Gasteiger partial charge in [0.15, 0.2) is 12.2 Å². The van der Waals surface area contributed by atoms with Crippen LogP contribution in [0, 0.1) is 0 Å². The molecule has 1 fully saturated rings. The van der Waals surface area contributed by atoms with Gasteiger partial charge >= 0.3 is 17.9 Å². The number of hydrogen-bond acceptors (Lipinski definition) is 8. The van der Waals surface area contributed by atoms with Crippen molar-refractivity contribution in [2.75, 3.05) is 6.61 Å². The molecule has 1 aliphatic heterocycles. The van der Waals surface area contributed by atoms with E-state index >= 15 is 0 Å². The Morgan fingerprint density at radius 1 is 0.676 bits per heavy atom. The van der Waals surface area contributed by atoms with Crippen LogP contribution in [0.2, 0.25) is 0 Å². The van der Waals surface area contributed by atoms with Crippen LogP contribution in [0.15, 0.2) is 91.0 Å². The molecule has 1 saturated heterocycles. The number of hydrogen-bond donors (Lipinski definition) is 1. The summed E-state index contributed by atoms with van der Waals surface area (Å²) in [6.45, 7) is -0.336. The second-order valence-corrected chi connectivity index (χ2v) is 7.51. The lowest BCUT2D eigenvalue weighted by Crippen LogP contribution is -2.40. The molecule has 0 aromatic heterocycles. The summed E-state index contributed by atoms with van der Waals surface area (Å²) >= 11 is 0. The average Bonchev–Trinajstić information content (AvgIpc) is 3.17. The summed E-state index contributed by atoms with van der Waals surface area (Å²) in [6, 6.07) is 24.7. The van der Waals surface area contributed by atoms with Crippen molar-refractivity contribution >= 4 is 17.9 Å². The van der Waals surface area contributed by atoms with E-state index in [-0.39, 0.29) is 17.7 Å². The van der Waals surface area contributed by atoms with Crippen molar-refractivity contribution in [1.82, 2.24) is 0 Å². The average molecular weight is 462 g/mol. The van der Waals surface area contributed by atoms with E-state index in [0.29, 0.717) is 5.56 Å². The molecule has 0 amide bonds. The fourth-order valence-electron chi connectivity index (χ4n) is 3.41. The molecule has 1 aliphatic rings. The summed E-state index contributed by atoms with van der Waals surface area (Å²) in [6.07, 6.45) is -5.24. The predicted molar refractivity (Wildman–Crippen MR) is 119 cm³/mol. The van der Waals surface area contributed by atoms with Gasteiger partial charge in [-0.15, -0.1) is 0 Å². The fourth-order valence-corrected chi connectivity index (χ4v) is 3.41. The molecule has 0 spiro atoms. The van der Waals surface area contributed by atoms with Crippen LogP contribution in [0.3, 0.4) is 0 Å². The van der Waals surface area contributed by atoms with E-state index in [0.717, 1.165) is 0 Å². The highest BCUT2D eigenvalue weighted by Gasteiger charge is 2.49. The zero-order valence-corrected chi connectivity index (χ0v) is 18.0. The van der Waals surface area contributed by atoms with Gasteiger partial charge in [0.05, 0.1) is 16.7 Å². The monoisotopic (exact) mass is 462 g/mol. The van der Waals surface area contributed by atoms with Gasteiger partial charge in [0, 0.05) is 0 Å². The highest BCUT2D eigenvalue weighted by atomic mass is 16.7. The number of esters is 3. The molecule has 174 valence electrons. The first-order valence-corrected chi connectivity index (χ1v) is 10.6. The predicted octanol–water partition coefficient (Wildman–Crippen LogP) is 3.01. The molecule has 1 heterocycles. The van der Waals surface area contributed by atoms with Crippen molar-refractivity contribution in [1.29, 1.82) is 0 Å². The lowest BCUT2D eigenvalue weighted by Gasteiger charge is -2.20. The Hall–Kier alpha value is -4.01. The van der Waals surface area contributed by atoms with Crippen LogP contribution in [0.5, 0.6) is 0 Å². The smallest absolute Gasteiger partial charge is 0.340 e. The number of carbonyl (C=O) groups excluding carboxylic acids is 3. The highest BCUT2D eigenvalue weighted by Crippen LogP contribution is 2.27. The van der Waals surface area contributed by atoms with Crippen LogP contribution in [-0.2, 0) is 18.9 Å². The third-order valence-corrected chi connectivity index (χ3v) is 5.16. The lowest BCUT2D eigenvalue weighted by atomic mass is 10.1. The molecule has 0 radical (unpaired) electrons. The third kappa shape index (κ3) is 5.48. The molecule has 8 heteroatoms. The number of aliphatic hydroxyl groups excluding tert-OH is 1. The summed E-state index contributed by atoms with van der Waals surface area (Å²) in [4.78, 5) is 37.4. The molecule has 4 rings (SSSR count). The minimum Gasteiger partial charge on any atom is -0.459 e. The number of carbonyl (C=O) groups is 3. The minimum absolute atomic E-state index is 0.259. The Morgan fingerprint density at radius 2 is 1.12 bits per heavy atom. The first-order chi connectivity index (χ1) is 16.5. The highest BCUT2D eigenvalue weighted by molar-refractivity contribution is 5.90. The topological polar surface area (TPSA) is 108 Å². The van der Waals surface area contributed by atoms with Crippen molar-refractivity contribution in [3.8, 4) is 0 Å². The summed E-state index contributed by atoms with van der Waals surface area (Å²) in [5.74, 6) is -2.04. The molecule has 4 atom stereocenters. The molecule has 8 nitrogen and oxygen atoms in total. The summed E-state index contributed by atoms with van der Waals surface area (Å²) in [7, 11) is 0. The van der Waals surface area contributed by atoms with Gasteiger partial charge in [-0.2, -0.15) is 0 Å². The molecule has 1 N–H and O–H groups in total. The van der Waals surface area contributed by atoms with Gasteiger partial charge in [-0.05, 0) is 36.4 Å². The van der Waals surface area contributed by atoms with Crippen LogP contribution in [-0.4, -0.2) is 54.2 Å². The number of benzene rings is 3. The Bertz CT molecular complexity index is 1120. The van der Waals surface area contributed by atoms with Gasteiger partial charge in [0.2, 0.25) is 6.29 Å². The largest absolute Gasteiger partial charge is 0.459 e. The molecule has 3 aromatic rings. The van der Waals surface area contributed by atoms with E-state index in [4.69, 9.17) is 18.9 Å². The Kier molecular flexibility index (Phi) is 7.31.